The number of oxazole rings is 1. The Kier molecular flexibility index (Phi) is 5.93. The molecular formula is C24H22ClN5O4. The maximum atomic E-state index is 11.8. The van der Waals surface area contributed by atoms with E-state index >= 15 is 0 Å². The van der Waals surface area contributed by atoms with Gasteiger partial charge in [0.15, 0.2) is 17.1 Å². The Labute approximate surface area is 200 Å². The van der Waals surface area contributed by atoms with E-state index in [-0.39, 0.29) is 18.0 Å². The van der Waals surface area contributed by atoms with Crippen LogP contribution in [0.25, 0.3) is 22.0 Å². The van der Waals surface area contributed by atoms with Crippen LogP contribution in [0.5, 0.6) is 11.5 Å². The molecule has 0 radical (unpaired) electrons. The van der Waals surface area contributed by atoms with Gasteiger partial charge in [-0.3, -0.25) is 10.1 Å². The Morgan fingerprint density at radius 3 is 2.79 bits per heavy atom. The van der Waals surface area contributed by atoms with Crippen LogP contribution in [0.2, 0.25) is 5.02 Å². The maximum absolute atomic E-state index is 11.8. The molecule has 0 aliphatic carbocycles. The summed E-state index contributed by atoms with van der Waals surface area (Å²) in [6.45, 7) is 4.78. The number of methoxy groups -OCH3 is 1. The van der Waals surface area contributed by atoms with Gasteiger partial charge >= 0.3 is 6.01 Å². The molecule has 174 valence electrons. The first-order valence-electron chi connectivity index (χ1n) is 10.8. The Hall–Kier alpha value is -3.85. The van der Waals surface area contributed by atoms with Gasteiger partial charge in [0.2, 0.25) is 5.91 Å². The van der Waals surface area contributed by atoms with Gasteiger partial charge < -0.3 is 18.8 Å². The molecule has 1 aliphatic heterocycles. The zero-order chi connectivity index (χ0) is 23.7. The van der Waals surface area contributed by atoms with E-state index in [2.05, 4.69) is 26.8 Å². The van der Waals surface area contributed by atoms with Gasteiger partial charge in [0.05, 0.1) is 12.6 Å². The van der Waals surface area contributed by atoms with Crippen LogP contribution in [0.1, 0.15) is 12.8 Å². The van der Waals surface area contributed by atoms with E-state index < -0.39 is 0 Å². The molecule has 5 rings (SSSR count). The van der Waals surface area contributed by atoms with Crippen LogP contribution in [-0.4, -0.2) is 52.1 Å². The fourth-order valence-corrected chi connectivity index (χ4v) is 4.14. The minimum atomic E-state index is -0.0592. The molecule has 10 heteroatoms. The van der Waals surface area contributed by atoms with Crippen LogP contribution in [-0.2, 0) is 4.79 Å². The summed E-state index contributed by atoms with van der Waals surface area (Å²) in [5.74, 6) is 1.60. The normalized spacial score (nSPS) is 14.4. The molecule has 1 fully saturated rings. The second kappa shape index (κ2) is 9.18. The molecule has 2 aromatic carbocycles. The van der Waals surface area contributed by atoms with E-state index in [4.69, 9.17) is 25.5 Å². The number of amides is 1. The number of rotatable bonds is 6. The highest BCUT2D eigenvalue weighted by Crippen LogP contribution is 2.36. The fraction of sp³-hybridized carbons (Fsp3) is 0.250. The summed E-state index contributed by atoms with van der Waals surface area (Å²) in [5.41, 5.74) is 1.92. The minimum Gasteiger partial charge on any atom is -0.493 e. The smallest absolute Gasteiger partial charge is 0.301 e. The number of hydrogen-bond acceptors (Lipinski definition) is 8. The number of nitrogens with one attached hydrogen (secondary N) is 1. The molecule has 3 heterocycles. The molecule has 0 atom stereocenters. The summed E-state index contributed by atoms with van der Waals surface area (Å²) < 4.78 is 17.6. The maximum Gasteiger partial charge on any atom is 0.301 e. The Morgan fingerprint density at radius 1 is 1.21 bits per heavy atom. The number of likely N-dealkylation sites (tertiary alicyclic amines) is 1. The van der Waals surface area contributed by atoms with E-state index in [0.29, 0.717) is 64.9 Å². The number of aromatic nitrogens is 3. The number of carbonyl (C=O) groups excluding carboxylic acids is 1. The first-order valence-corrected chi connectivity index (χ1v) is 11.2. The molecule has 2 aromatic heterocycles. The monoisotopic (exact) mass is 479 g/mol. The third-order valence-electron chi connectivity index (χ3n) is 5.72. The average molecular weight is 480 g/mol. The molecular weight excluding hydrogens is 458 g/mol. The number of piperidine rings is 1. The van der Waals surface area contributed by atoms with Crippen molar-refractivity contribution in [2.75, 3.05) is 25.5 Å². The number of hydrogen-bond donors (Lipinski definition) is 1. The van der Waals surface area contributed by atoms with Crippen molar-refractivity contribution in [3.8, 4) is 11.5 Å². The van der Waals surface area contributed by atoms with Crippen molar-refractivity contribution < 1.29 is 18.7 Å². The molecule has 0 bridgehead atoms. The summed E-state index contributed by atoms with van der Waals surface area (Å²) in [5, 5.41) is 4.42. The molecule has 1 N–H and O–H groups in total. The fourth-order valence-electron chi connectivity index (χ4n) is 3.97. The molecule has 0 saturated carbocycles. The number of fused-ring (bicyclic) bond motifs is 2. The first-order chi connectivity index (χ1) is 16.5. The van der Waals surface area contributed by atoms with Gasteiger partial charge in [-0.15, -0.1) is 0 Å². The van der Waals surface area contributed by atoms with Gasteiger partial charge in [-0.1, -0.05) is 18.2 Å². The summed E-state index contributed by atoms with van der Waals surface area (Å²) in [4.78, 5) is 26.8. The average Bonchev–Trinajstić information content (AvgIpc) is 3.25. The summed E-state index contributed by atoms with van der Waals surface area (Å²) in [6, 6.07) is 9.17. The van der Waals surface area contributed by atoms with Crippen molar-refractivity contribution in [3.63, 3.8) is 0 Å². The van der Waals surface area contributed by atoms with Crippen molar-refractivity contribution in [2.24, 2.45) is 0 Å². The Bertz CT molecular complexity index is 1380. The second-order valence-corrected chi connectivity index (χ2v) is 8.28. The van der Waals surface area contributed by atoms with E-state index in [1.807, 2.05) is 6.07 Å². The SMILES string of the molecule is C=CC(=O)N1CCC(Oc2cc3c(Nc4nc5cc(Cl)ccc5o4)ncnc3cc2OC)CC1. The Balaban J connectivity index is 1.42. The Morgan fingerprint density at radius 2 is 2.03 bits per heavy atom. The number of carbonyl (C=O) groups is 1. The number of ether oxygens (including phenoxy) is 2. The summed E-state index contributed by atoms with van der Waals surface area (Å²) >= 11 is 6.05. The van der Waals surface area contributed by atoms with Crippen LogP contribution >= 0.6 is 11.6 Å². The molecule has 34 heavy (non-hydrogen) atoms. The van der Waals surface area contributed by atoms with Crippen molar-refractivity contribution >= 4 is 51.3 Å². The van der Waals surface area contributed by atoms with E-state index in [1.165, 1.54) is 12.4 Å². The van der Waals surface area contributed by atoms with Crippen molar-refractivity contribution in [3.05, 3.63) is 54.3 Å². The topological polar surface area (TPSA) is 103 Å². The predicted octanol–water partition coefficient (Wildman–Crippen LogP) is 4.73. The lowest BCUT2D eigenvalue weighted by Crippen LogP contribution is -2.41. The molecule has 1 aliphatic rings. The van der Waals surface area contributed by atoms with E-state index in [9.17, 15) is 4.79 Å². The van der Waals surface area contributed by atoms with Crippen LogP contribution in [0.4, 0.5) is 11.8 Å². The third-order valence-corrected chi connectivity index (χ3v) is 5.95. The highest BCUT2D eigenvalue weighted by molar-refractivity contribution is 6.31. The van der Waals surface area contributed by atoms with Gasteiger partial charge in [-0.2, -0.15) is 4.98 Å². The molecule has 9 nitrogen and oxygen atoms in total. The standard InChI is InChI=1S/C24H22ClN5O4/c1-3-22(31)30-8-6-15(7-9-30)33-21-11-16-17(12-20(21)32-2)26-13-27-23(16)29-24-28-18-10-14(25)4-5-19(18)34-24/h3-5,10-13,15H,1,6-9H2,2H3,(H,26,27,28,29). The summed E-state index contributed by atoms with van der Waals surface area (Å²) in [6.07, 6.45) is 4.16. The van der Waals surface area contributed by atoms with Crippen molar-refractivity contribution in [1.29, 1.82) is 0 Å². The third kappa shape index (κ3) is 4.34. The predicted molar refractivity (Wildman–Crippen MR) is 129 cm³/mol. The molecule has 4 aromatic rings. The van der Waals surface area contributed by atoms with Gasteiger partial charge in [-0.25, -0.2) is 9.97 Å². The van der Waals surface area contributed by atoms with Crippen LogP contribution < -0.4 is 14.8 Å². The van der Waals surface area contributed by atoms with Crippen LogP contribution in [0.3, 0.4) is 0 Å². The van der Waals surface area contributed by atoms with Crippen molar-refractivity contribution in [1.82, 2.24) is 19.9 Å². The number of benzene rings is 2. The number of nitrogens with zero attached hydrogens (tertiary/aromatic N) is 4. The first kappa shape index (κ1) is 22.0. The van der Waals surface area contributed by atoms with Gasteiger partial charge in [0.1, 0.15) is 23.8 Å². The largest absolute Gasteiger partial charge is 0.493 e. The molecule has 1 saturated heterocycles. The quantitative estimate of drug-likeness (QED) is 0.396. The van der Waals surface area contributed by atoms with Crippen LogP contribution in [0.15, 0.2) is 53.7 Å². The minimum absolute atomic E-state index is 0.0527. The number of anilines is 2. The lowest BCUT2D eigenvalue weighted by molar-refractivity contribution is -0.127. The molecule has 0 unspecified atom stereocenters. The van der Waals surface area contributed by atoms with E-state index in [1.54, 1.807) is 36.3 Å². The molecule has 1 amide bonds. The van der Waals surface area contributed by atoms with Crippen LogP contribution in [0, 0.1) is 0 Å². The van der Waals surface area contributed by atoms with E-state index in [0.717, 1.165) is 5.39 Å². The van der Waals surface area contributed by atoms with Gasteiger partial charge in [-0.05, 0) is 30.3 Å². The zero-order valence-corrected chi connectivity index (χ0v) is 19.2. The number of halogens is 1. The lowest BCUT2D eigenvalue weighted by Gasteiger charge is -2.31. The highest BCUT2D eigenvalue weighted by atomic mass is 35.5. The molecule has 0 spiro atoms. The summed E-state index contributed by atoms with van der Waals surface area (Å²) in [7, 11) is 1.59. The lowest BCUT2D eigenvalue weighted by atomic mass is 10.1. The van der Waals surface area contributed by atoms with Crippen molar-refractivity contribution in [2.45, 2.75) is 18.9 Å². The van der Waals surface area contributed by atoms with Gasteiger partial charge in [0.25, 0.3) is 0 Å². The van der Waals surface area contributed by atoms with Gasteiger partial charge in [0, 0.05) is 42.4 Å². The highest BCUT2D eigenvalue weighted by Gasteiger charge is 2.24. The second-order valence-electron chi connectivity index (χ2n) is 7.85. The zero-order valence-electron chi connectivity index (χ0n) is 18.5.